The molecule has 28 heavy (non-hydrogen) atoms. The van der Waals surface area contributed by atoms with Gasteiger partial charge in [0.2, 0.25) is 6.79 Å². The summed E-state index contributed by atoms with van der Waals surface area (Å²) in [6.45, 7) is 1.75. The van der Waals surface area contributed by atoms with E-state index in [-0.39, 0.29) is 25.3 Å². The zero-order valence-corrected chi connectivity index (χ0v) is 15.8. The average Bonchev–Trinajstić information content (AvgIpc) is 3.19. The molecule has 1 heterocycles. The number of nitrogens with one attached hydrogen (secondary N) is 1. The highest BCUT2D eigenvalue weighted by atomic mass is 16.7. The summed E-state index contributed by atoms with van der Waals surface area (Å²) in [4.78, 5) is 24.5. The molecule has 4 rings (SSSR count). The van der Waals surface area contributed by atoms with Crippen LogP contribution in [0.5, 0.6) is 11.5 Å². The van der Waals surface area contributed by atoms with Crippen molar-refractivity contribution in [1.82, 2.24) is 5.32 Å². The number of aryl methyl sites for hydroxylation is 2. The molecule has 0 spiro atoms. The van der Waals surface area contributed by atoms with E-state index in [0.29, 0.717) is 17.1 Å². The third-order valence-electron chi connectivity index (χ3n) is 5.19. The first-order valence-corrected chi connectivity index (χ1v) is 9.58. The normalized spacial score (nSPS) is 15.5. The number of hydrogen-bond acceptors (Lipinski definition) is 5. The van der Waals surface area contributed by atoms with E-state index in [1.54, 1.807) is 6.07 Å². The molecule has 0 radical (unpaired) electrons. The molecule has 2 aliphatic rings. The van der Waals surface area contributed by atoms with Crippen LogP contribution >= 0.6 is 0 Å². The first kappa shape index (κ1) is 18.3. The summed E-state index contributed by atoms with van der Waals surface area (Å²) in [5, 5.41) is 2.83. The van der Waals surface area contributed by atoms with Crippen molar-refractivity contribution in [1.29, 1.82) is 0 Å². The number of amides is 1. The number of esters is 1. The lowest BCUT2D eigenvalue weighted by Gasteiger charge is -2.17. The molecule has 1 aliphatic carbocycles. The highest BCUT2D eigenvalue weighted by Crippen LogP contribution is 2.34. The van der Waals surface area contributed by atoms with Gasteiger partial charge in [-0.1, -0.05) is 12.1 Å². The van der Waals surface area contributed by atoms with Crippen molar-refractivity contribution in [2.24, 2.45) is 0 Å². The Kier molecular flexibility index (Phi) is 5.19. The summed E-state index contributed by atoms with van der Waals surface area (Å²) in [5.41, 5.74) is 3.90. The number of carbonyl (C=O) groups is 2. The minimum atomic E-state index is -0.473. The molecule has 1 N–H and O–H groups in total. The van der Waals surface area contributed by atoms with Crippen LogP contribution in [0.1, 0.15) is 52.9 Å². The largest absolute Gasteiger partial charge is 0.454 e. The van der Waals surface area contributed by atoms with Gasteiger partial charge in [0.05, 0.1) is 11.6 Å². The first-order chi connectivity index (χ1) is 13.6. The summed E-state index contributed by atoms with van der Waals surface area (Å²) < 4.78 is 15.8. The standard InChI is InChI=1S/C22H23NO5/c1-14(16-8-9-19-20(11-16)28-13-27-19)23-21(24)12-26-22(25)18-7-6-15-4-2-3-5-17(15)10-18/h6-11,14H,2-5,12-13H2,1H3,(H,23,24)/t14-/m1/s1. The molecule has 1 atom stereocenters. The van der Waals surface area contributed by atoms with E-state index in [1.807, 2.05) is 37.3 Å². The van der Waals surface area contributed by atoms with Crippen molar-refractivity contribution in [2.75, 3.05) is 13.4 Å². The Balaban J connectivity index is 1.31. The lowest BCUT2D eigenvalue weighted by molar-refractivity contribution is -0.124. The van der Waals surface area contributed by atoms with Gasteiger partial charge in [0, 0.05) is 0 Å². The van der Waals surface area contributed by atoms with Crippen molar-refractivity contribution in [3.05, 3.63) is 58.7 Å². The Morgan fingerprint density at radius 2 is 1.82 bits per heavy atom. The van der Waals surface area contributed by atoms with Gasteiger partial charge in [-0.25, -0.2) is 4.79 Å². The van der Waals surface area contributed by atoms with Crippen molar-refractivity contribution in [3.8, 4) is 11.5 Å². The van der Waals surface area contributed by atoms with Gasteiger partial charge in [-0.05, 0) is 73.6 Å². The predicted molar refractivity (Wildman–Crippen MR) is 102 cm³/mol. The van der Waals surface area contributed by atoms with Gasteiger partial charge in [0.1, 0.15) is 0 Å². The van der Waals surface area contributed by atoms with Crippen LogP contribution < -0.4 is 14.8 Å². The van der Waals surface area contributed by atoms with E-state index in [9.17, 15) is 9.59 Å². The highest BCUT2D eigenvalue weighted by molar-refractivity contribution is 5.91. The fourth-order valence-electron chi connectivity index (χ4n) is 3.62. The Bertz CT molecular complexity index is 908. The highest BCUT2D eigenvalue weighted by Gasteiger charge is 2.18. The van der Waals surface area contributed by atoms with E-state index in [0.717, 1.165) is 24.8 Å². The predicted octanol–water partition coefficient (Wildman–Crippen LogP) is 3.33. The Labute approximate surface area is 163 Å². The van der Waals surface area contributed by atoms with Gasteiger partial charge < -0.3 is 19.5 Å². The molecule has 2 aromatic rings. The molecule has 6 nitrogen and oxygen atoms in total. The van der Waals surface area contributed by atoms with Crippen LogP contribution in [-0.4, -0.2) is 25.3 Å². The molecule has 1 amide bonds. The first-order valence-electron chi connectivity index (χ1n) is 9.58. The van der Waals surface area contributed by atoms with Crippen LogP contribution in [0.25, 0.3) is 0 Å². The van der Waals surface area contributed by atoms with Crippen molar-refractivity contribution in [2.45, 2.75) is 38.6 Å². The maximum absolute atomic E-state index is 12.3. The smallest absolute Gasteiger partial charge is 0.338 e. The van der Waals surface area contributed by atoms with Gasteiger partial charge in [-0.3, -0.25) is 4.79 Å². The average molecular weight is 381 g/mol. The third kappa shape index (κ3) is 3.96. The minimum absolute atomic E-state index is 0.207. The fraction of sp³-hybridized carbons (Fsp3) is 0.364. The maximum atomic E-state index is 12.3. The Hall–Kier alpha value is -3.02. The second-order valence-electron chi connectivity index (χ2n) is 7.17. The SMILES string of the molecule is C[C@@H](NC(=O)COC(=O)c1ccc2c(c1)CCCC2)c1ccc2c(c1)OCO2. The number of rotatable bonds is 5. The molecule has 0 unspecified atom stereocenters. The number of carbonyl (C=O) groups excluding carboxylic acids is 2. The number of fused-ring (bicyclic) bond motifs is 2. The molecule has 0 aromatic heterocycles. The third-order valence-corrected chi connectivity index (χ3v) is 5.19. The second-order valence-corrected chi connectivity index (χ2v) is 7.17. The molecule has 6 heteroatoms. The lowest BCUT2D eigenvalue weighted by Crippen LogP contribution is -2.31. The van der Waals surface area contributed by atoms with E-state index in [4.69, 9.17) is 14.2 Å². The zero-order chi connectivity index (χ0) is 19.5. The summed E-state index contributed by atoms with van der Waals surface area (Å²) in [7, 11) is 0. The van der Waals surface area contributed by atoms with Crippen LogP contribution in [0.15, 0.2) is 36.4 Å². The van der Waals surface area contributed by atoms with Crippen LogP contribution in [-0.2, 0) is 22.4 Å². The summed E-state index contributed by atoms with van der Waals surface area (Å²) >= 11 is 0. The van der Waals surface area contributed by atoms with Gasteiger partial charge in [-0.15, -0.1) is 0 Å². The van der Waals surface area contributed by atoms with Crippen LogP contribution in [0.3, 0.4) is 0 Å². The Morgan fingerprint density at radius 3 is 2.68 bits per heavy atom. The van der Waals surface area contributed by atoms with Crippen LogP contribution in [0, 0.1) is 0 Å². The van der Waals surface area contributed by atoms with Crippen LogP contribution in [0.2, 0.25) is 0 Å². The molecule has 0 saturated carbocycles. The van der Waals surface area contributed by atoms with Crippen molar-refractivity contribution >= 4 is 11.9 Å². The molecule has 1 aliphatic heterocycles. The summed E-state index contributed by atoms with van der Waals surface area (Å²) in [6.07, 6.45) is 4.39. The van der Waals surface area contributed by atoms with Gasteiger partial charge in [0.15, 0.2) is 18.1 Å². The maximum Gasteiger partial charge on any atom is 0.338 e. The number of ether oxygens (including phenoxy) is 3. The summed E-state index contributed by atoms with van der Waals surface area (Å²) in [6, 6.07) is 10.9. The number of hydrogen-bond donors (Lipinski definition) is 1. The fourth-order valence-corrected chi connectivity index (χ4v) is 3.62. The van der Waals surface area contributed by atoms with E-state index >= 15 is 0 Å². The van der Waals surface area contributed by atoms with E-state index in [2.05, 4.69) is 5.32 Å². The zero-order valence-electron chi connectivity index (χ0n) is 15.8. The topological polar surface area (TPSA) is 73.9 Å². The van der Waals surface area contributed by atoms with Crippen molar-refractivity contribution < 1.29 is 23.8 Å². The quantitative estimate of drug-likeness (QED) is 0.804. The molecule has 2 aromatic carbocycles. The molecule has 0 fully saturated rings. The monoisotopic (exact) mass is 381 g/mol. The van der Waals surface area contributed by atoms with Crippen molar-refractivity contribution in [3.63, 3.8) is 0 Å². The molecular weight excluding hydrogens is 358 g/mol. The van der Waals surface area contributed by atoms with Gasteiger partial charge in [0.25, 0.3) is 5.91 Å². The Morgan fingerprint density at radius 1 is 1.04 bits per heavy atom. The molecular formula is C22H23NO5. The van der Waals surface area contributed by atoms with E-state index < -0.39 is 5.97 Å². The molecule has 0 bridgehead atoms. The molecule has 0 saturated heterocycles. The van der Waals surface area contributed by atoms with Crippen LogP contribution in [0.4, 0.5) is 0 Å². The number of benzene rings is 2. The second kappa shape index (κ2) is 7.92. The minimum Gasteiger partial charge on any atom is -0.454 e. The van der Waals surface area contributed by atoms with E-state index in [1.165, 1.54) is 17.5 Å². The molecule has 146 valence electrons. The van der Waals surface area contributed by atoms with Gasteiger partial charge >= 0.3 is 5.97 Å². The lowest BCUT2D eigenvalue weighted by atomic mass is 9.90. The van der Waals surface area contributed by atoms with Gasteiger partial charge in [-0.2, -0.15) is 0 Å². The summed E-state index contributed by atoms with van der Waals surface area (Å²) in [5.74, 6) is 0.537.